The summed E-state index contributed by atoms with van der Waals surface area (Å²) < 4.78 is 37.7. The van der Waals surface area contributed by atoms with E-state index in [0.29, 0.717) is 19.8 Å². The van der Waals surface area contributed by atoms with Crippen molar-refractivity contribution in [2.45, 2.75) is 0 Å². The summed E-state index contributed by atoms with van der Waals surface area (Å²) in [6.07, 6.45) is 0. The van der Waals surface area contributed by atoms with E-state index in [1.54, 1.807) is 21.3 Å². The monoisotopic (exact) mass is 277 g/mol. The molecule has 0 bridgehead atoms. The summed E-state index contributed by atoms with van der Waals surface area (Å²) in [6.45, 7) is 11.9. The number of methoxy groups -OCH3 is 3. The van der Waals surface area contributed by atoms with Crippen molar-refractivity contribution in [3.05, 3.63) is 20.8 Å². The molecule has 0 amide bonds. The molecule has 0 heterocycles. The zero-order valence-electron chi connectivity index (χ0n) is 10.2. The predicted molar refractivity (Wildman–Crippen MR) is 55.3 cm³/mol. The second-order valence-corrected chi connectivity index (χ2v) is 2.46. The molecule has 0 aromatic rings. The van der Waals surface area contributed by atoms with Crippen LogP contribution in [0.2, 0.25) is 0 Å². The van der Waals surface area contributed by atoms with E-state index in [9.17, 15) is 0 Å². The summed E-state index contributed by atoms with van der Waals surface area (Å²) >= 11 is -3.69. The normalized spacial score (nSPS) is 7.19. The zero-order chi connectivity index (χ0) is 13.8. The van der Waals surface area contributed by atoms with Crippen molar-refractivity contribution in [1.29, 1.82) is 0 Å². The molecule has 0 saturated carbocycles. The Bertz CT molecular complexity index is 114. The molecule has 1 N–H and O–H groups in total. The van der Waals surface area contributed by atoms with Crippen molar-refractivity contribution in [1.82, 2.24) is 0 Å². The molecule has 0 radical (unpaired) electrons. The second-order valence-electron chi connectivity index (χ2n) is 1.72. The summed E-state index contributed by atoms with van der Waals surface area (Å²) in [5, 5.41) is 0. The maximum absolute atomic E-state index is 8.67. The zero-order valence-corrected chi connectivity index (χ0v) is 11.6. The van der Waals surface area contributed by atoms with E-state index in [1.165, 1.54) is 0 Å². The second kappa shape index (κ2) is 36.3. The van der Waals surface area contributed by atoms with E-state index in [0.717, 1.165) is 0 Å². The first kappa shape index (κ1) is 25.0. The molecular weight excluding hydrogens is 255 g/mol. The minimum absolute atomic E-state index is 0.569. The van der Waals surface area contributed by atoms with Crippen LogP contribution in [-0.2, 0) is 37.0 Å². The molecule has 6 nitrogen and oxygen atoms in total. The van der Waals surface area contributed by atoms with Crippen molar-refractivity contribution >= 4 is 0 Å². The van der Waals surface area contributed by atoms with Gasteiger partial charge in [-0.3, -0.25) is 0 Å². The van der Waals surface area contributed by atoms with Crippen LogP contribution < -0.4 is 0 Å². The standard InChI is InChI=1S/3C3H7O.H2O.2O.V/c3*1-3-4-2;;;;/h3*1,3H2,2H3;1H2;;;/q3*-1;;;;+1/p-1. The van der Waals surface area contributed by atoms with E-state index in [-0.39, 0.29) is 0 Å². The minimum atomic E-state index is -3.69. The van der Waals surface area contributed by atoms with Crippen molar-refractivity contribution in [3.8, 4) is 0 Å². The third-order valence-corrected chi connectivity index (χ3v) is 0.612. The van der Waals surface area contributed by atoms with Gasteiger partial charge in [0.2, 0.25) is 0 Å². The third kappa shape index (κ3) is 260. The van der Waals surface area contributed by atoms with E-state index < -0.39 is 15.4 Å². The first-order valence-corrected chi connectivity index (χ1v) is 5.92. The van der Waals surface area contributed by atoms with Gasteiger partial charge in [0, 0.05) is 21.3 Å². The van der Waals surface area contributed by atoms with Gasteiger partial charge >= 0.3 is 26.8 Å². The van der Waals surface area contributed by atoms with Gasteiger partial charge in [-0.2, -0.15) is 0 Å². The fourth-order valence-corrected chi connectivity index (χ4v) is 0. The van der Waals surface area contributed by atoms with Crippen LogP contribution in [0.25, 0.3) is 0 Å². The van der Waals surface area contributed by atoms with Gasteiger partial charge in [-0.15, -0.1) is 0 Å². The average Bonchev–Trinajstić information content (AvgIpc) is 2.28. The van der Waals surface area contributed by atoms with Gasteiger partial charge in [0.05, 0.1) is 0 Å². The van der Waals surface area contributed by atoms with Crippen LogP contribution in [0.3, 0.4) is 0 Å². The summed E-state index contributed by atoms with van der Waals surface area (Å²) in [6, 6.07) is 0. The molecule has 0 spiro atoms. The summed E-state index contributed by atoms with van der Waals surface area (Å²) in [5.41, 5.74) is 0. The fraction of sp³-hybridized carbons (Fsp3) is 0.667. The van der Waals surface area contributed by atoms with Gasteiger partial charge < -0.3 is 35.0 Å². The van der Waals surface area contributed by atoms with Gasteiger partial charge in [-0.25, -0.2) is 0 Å². The topological polar surface area (TPSA) is 82.1 Å². The van der Waals surface area contributed by atoms with Gasteiger partial charge in [0.1, 0.15) is 0 Å². The number of ether oxygens (including phenoxy) is 3. The Labute approximate surface area is 103 Å². The van der Waals surface area contributed by atoms with E-state index in [4.69, 9.17) is 11.4 Å². The molecule has 7 heteroatoms. The Balaban J connectivity index is -0.0000000600. The summed E-state index contributed by atoms with van der Waals surface area (Å²) in [5.74, 6) is 0. The van der Waals surface area contributed by atoms with Crippen LogP contribution in [-0.4, -0.2) is 45.2 Å². The van der Waals surface area contributed by atoms with Gasteiger partial charge in [0.15, 0.2) is 0 Å². The predicted octanol–water partition coefficient (Wildman–Crippen LogP) is 0.604. The SMILES string of the molecule is [CH2-]COC.[CH2-]COC.[CH2-]COC.[O]=[V](=[O])[OH]. The van der Waals surface area contributed by atoms with Gasteiger partial charge in [-0.1, -0.05) is 19.8 Å². The number of rotatable bonds is 3. The first-order chi connectivity index (χ1) is 7.47. The first-order valence-electron chi connectivity index (χ1n) is 4.16. The molecule has 0 unspecified atom stereocenters. The Morgan fingerprint density at radius 2 is 0.938 bits per heavy atom. The van der Waals surface area contributed by atoms with Crippen LogP contribution in [0.15, 0.2) is 0 Å². The molecule has 0 aromatic carbocycles. The van der Waals surface area contributed by atoms with Crippen molar-refractivity contribution in [3.63, 3.8) is 0 Å². The molecule has 0 aliphatic heterocycles. The molecule has 0 atom stereocenters. The molecule has 0 fully saturated rings. The van der Waals surface area contributed by atoms with Crippen LogP contribution in [0.4, 0.5) is 0 Å². The maximum atomic E-state index is 8.67. The fourth-order valence-electron chi connectivity index (χ4n) is 0. The Hall–Kier alpha value is 0.0244. The van der Waals surface area contributed by atoms with Crippen molar-refractivity contribution in [2.75, 3.05) is 41.2 Å². The van der Waals surface area contributed by atoms with Crippen molar-refractivity contribution in [2.24, 2.45) is 0 Å². The van der Waals surface area contributed by atoms with Crippen LogP contribution in [0.1, 0.15) is 0 Å². The van der Waals surface area contributed by atoms with E-state index in [1.807, 2.05) is 0 Å². The Morgan fingerprint density at radius 3 is 0.938 bits per heavy atom. The summed E-state index contributed by atoms with van der Waals surface area (Å²) in [7, 11) is 4.85. The Morgan fingerprint density at radius 1 is 0.875 bits per heavy atom. The number of hydrogen-bond donors (Lipinski definition) is 1. The van der Waals surface area contributed by atoms with Gasteiger partial charge in [0.25, 0.3) is 0 Å². The van der Waals surface area contributed by atoms with Crippen LogP contribution in [0.5, 0.6) is 0 Å². The molecule has 0 rings (SSSR count). The molecule has 0 aromatic heterocycles. The van der Waals surface area contributed by atoms with Crippen LogP contribution in [0, 0.1) is 20.8 Å². The molecule has 0 aliphatic rings. The number of hydrogen-bond acceptors (Lipinski definition) is 5. The average molecular weight is 277 g/mol. The molecular formula is C9H22O6V-3. The summed E-state index contributed by atoms with van der Waals surface area (Å²) in [4.78, 5) is 0. The molecule has 102 valence electrons. The Kier molecular flexibility index (Phi) is 56.7. The molecule has 16 heavy (non-hydrogen) atoms. The molecule has 0 saturated heterocycles. The third-order valence-electron chi connectivity index (χ3n) is 0.612. The van der Waals surface area contributed by atoms with Crippen molar-refractivity contribution < 1.29 is 41.0 Å². The quantitative estimate of drug-likeness (QED) is 0.761. The van der Waals surface area contributed by atoms with E-state index in [2.05, 4.69) is 35.0 Å². The van der Waals surface area contributed by atoms with E-state index >= 15 is 0 Å². The van der Waals surface area contributed by atoms with Gasteiger partial charge in [-0.05, 0) is 0 Å². The van der Waals surface area contributed by atoms with Crippen LogP contribution >= 0.6 is 0 Å². The molecule has 0 aliphatic carbocycles.